The van der Waals surface area contributed by atoms with Crippen molar-refractivity contribution >= 4 is 0 Å². The molecule has 1 aliphatic heterocycles. The first kappa shape index (κ1) is 14.3. The van der Waals surface area contributed by atoms with Gasteiger partial charge in [0.25, 0.3) is 0 Å². The first-order valence-corrected chi connectivity index (χ1v) is 6.22. The van der Waals surface area contributed by atoms with Gasteiger partial charge >= 0.3 is 6.18 Å². The first-order valence-electron chi connectivity index (χ1n) is 6.22. The van der Waals surface area contributed by atoms with Gasteiger partial charge in [-0.1, -0.05) is 18.2 Å². The van der Waals surface area contributed by atoms with Crippen LogP contribution in [0.2, 0.25) is 0 Å². The van der Waals surface area contributed by atoms with Crippen LogP contribution in [0.1, 0.15) is 17.5 Å². The van der Waals surface area contributed by atoms with Gasteiger partial charge in [-0.25, -0.2) is 4.39 Å². The number of hydrogen-bond acceptors (Lipinski definition) is 2. The van der Waals surface area contributed by atoms with Crippen molar-refractivity contribution < 1.29 is 17.6 Å². The molecule has 2 rings (SSSR count). The summed E-state index contributed by atoms with van der Waals surface area (Å²) in [5.41, 5.74) is -0.507. The van der Waals surface area contributed by atoms with Crippen LogP contribution in [0.5, 0.6) is 0 Å². The maximum atomic E-state index is 13.5. The zero-order valence-electron chi connectivity index (χ0n) is 10.3. The molecule has 0 amide bonds. The molecule has 1 saturated heterocycles. The molecule has 0 bridgehead atoms. The highest BCUT2D eigenvalue weighted by Crippen LogP contribution is 2.31. The highest BCUT2D eigenvalue weighted by Gasteiger charge is 2.33. The van der Waals surface area contributed by atoms with Crippen molar-refractivity contribution in [2.75, 3.05) is 13.1 Å². The highest BCUT2D eigenvalue weighted by molar-refractivity contribution is 5.29. The Morgan fingerprint density at radius 2 is 2.00 bits per heavy atom. The van der Waals surface area contributed by atoms with E-state index in [9.17, 15) is 17.6 Å². The average Bonchev–Trinajstić information content (AvgIpc) is 2.37. The third-order valence-corrected chi connectivity index (χ3v) is 3.29. The average molecular weight is 276 g/mol. The molecule has 1 fully saturated rings. The van der Waals surface area contributed by atoms with Gasteiger partial charge in [0.05, 0.1) is 5.56 Å². The standard InChI is InChI=1S/C13H16F4N2/c14-11-8-18-6-5-12(11)19-7-9-3-1-2-4-10(9)13(15,16)17/h1-4,11-12,18-19H,5-8H2/t11-,12+/m1/s1. The van der Waals surface area contributed by atoms with Crippen molar-refractivity contribution in [2.24, 2.45) is 0 Å². The van der Waals surface area contributed by atoms with Crippen LogP contribution < -0.4 is 10.6 Å². The van der Waals surface area contributed by atoms with Gasteiger partial charge in [-0.3, -0.25) is 0 Å². The van der Waals surface area contributed by atoms with Gasteiger partial charge in [-0.15, -0.1) is 0 Å². The summed E-state index contributed by atoms with van der Waals surface area (Å²) < 4.78 is 51.9. The lowest BCUT2D eigenvalue weighted by Crippen LogP contribution is -2.48. The van der Waals surface area contributed by atoms with Crippen LogP contribution in [0.15, 0.2) is 24.3 Å². The topological polar surface area (TPSA) is 24.1 Å². The van der Waals surface area contributed by atoms with Gasteiger partial charge in [0.15, 0.2) is 0 Å². The Balaban J connectivity index is 2.03. The number of alkyl halides is 4. The predicted molar refractivity (Wildman–Crippen MR) is 64.5 cm³/mol. The molecule has 0 spiro atoms. The minimum atomic E-state index is -4.37. The van der Waals surface area contributed by atoms with Crippen LogP contribution in [0.25, 0.3) is 0 Å². The normalized spacial score (nSPS) is 24.4. The fraction of sp³-hybridized carbons (Fsp3) is 0.538. The summed E-state index contributed by atoms with van der Waals surface area (Å²) in [7, 11) is 0. The van der Waals surface area contributed by atoms with E-state index in [2.05, 4.69) is 10.6 Å². The number of halogens is 4. The Labute approximate surface area is 109 Å². The van der Waals surface area contributed by atoms with E-state index >= 15 is 0 Å². The quantitative estimate of drug-likeness (QED) is 0.829. The molecule has 0 aromatic heterocycles. The summed E-state index contributed by atoms with van der Waals surface area (Å²) >= 11 is 0. The molecule has 2 nitrogen and oxygen atoms in total. The van der Waals surface area contributed by atoms with Crippen LogP contribution in [0, 0.1) is 0 Å². The van der Waals surface area contributed by atoms with E-state index in [1.54, 1.807) is 6.07 Å². The van der Waals surface area contributed by atoms with Crippen molar-refractivity contribution in [3.8, 4) is 0 Å². The van der Waals surface area contributed by atoms with Gasteiger partial charge in [0.1, 0.15) is 6.17 Å². The number of hydrogen-bond donors (Lipinski definition) is 2. The number of benzene rings is 1. The Morgan fingerprint density at radius 3 is 2.68 bits per heavy atom. The summed E-state index contributed by atoms with van der Waals surface area (Å²) in [5.74, 6) is 0. The molecule has 19 heavy (non-hydrogen) atoms. The summed E-state index contributed by atoms with van der Waals surface area (Å²) in [6, 6.07) is 5.00. The van der Waals surface area contributed by atoms with Gasteiger partial charge in [0, 0.05) is 19.1 Å². The molecular weight excluding hydrogens is 260 g/mol. The smallest absolute Gasteiger partial charge is 0.314 e. The van der Waals surface area contributed by atoms with Gasteiger partial charge in [-0.2, -0.15) is 13.2 Å². The van der Waals surface area contributed by atoms with Crippen molar-refractivity contribution in [1.29, 1.82) is 0 Å². The molecule has 1 aromatic carbocycles. The molecule has 2 N–H and O–H groups in total. The van der Waals surface area contributed by atoms with E-state index in [1.165, 1.54) is 12.1 Å². The zero-order valence-corrected chi connectivity index (χ0v) is 10.3. The van der Waals surface area contributed by atoms with E-state index in [0.717, 1.165) is 6.07 Å². The molecule has 1 aromatic rings. The second-order valence-corrected chi connectivity index (χ2v) is 4.65. The van der Waals surface area contributed by atoms with Gasteiger partial charge < -0.3 is 10.6 Å². The molecule has 0 aliphatic carbocycles. The van der Waals surface area contributed by atoms with E-state index in [0.29, 0.717) is 13.0 Å². The van der Waals surface area contributed by atoms with E-state index < -0.39 is 17.9 Å². The van der Waals surface area contributed by atoms with Crippen LogP contribution in [0.4, 0.5) is 17.6 Å². The SMILES string of the molecule is F[C@@H]1CNCC[C@@H]1NCc1ccccc1C(F)(F)F. The van der Waals surface area contributed by atoms with Gasteiger partial charge in [0.2, 0.25) is 0 Å². The van der Waals surface area contributed by atoms with Gasteiger partial charge in [-0.05, 0) is 24.6 Å². The van der Waals surface area contributed by atoms with E-state index in [-0.39, 0.29) is 24.7 Å². The molecular formula is C13H16F4N2. The largest absolute Gasteiger partial charge is 0.416 e. The molecule has 2 atom stereocenters. The van der Waals surface area contributed by atoms with Crippen LogP contribution in [-0.2, 0) is 12.7 Å². The third kappa shape index (κ3) is 3.67. The summed E-state index contributed by atoms with van der Waals surface area (Å²) in [6.45, 7) is 0.957. The number of piperidine rings is 1. The molecule has 6 heteroatoms. The molecule has 1 aliphatic rings. The Bertz CT molecular complexity index is 419. The lowest BCUT2D eigenvalue weighted by molar-refractivity contribution is -0.138. The van der Waals surface area contributed by atoms with Crippen molar-refractivity contribution in [3.05, 3.63) is 35.4 Å². The highest BCUT2D eigenvalue weighted by atomic mass is 19.4. The maximum absolute atomic E-state index is 13.5. The van der Waals surface area contributed by atoms with Crippen LogP contribution in [-0.4, -0.2) is 25.3 Å². The van der Waals surface area contributed by atoms with Crippen molar-refractivity contribution in [3.63, 3.8) is 0 Å². The van der Waals surface area contributed by atoms with Crippen molar-refractivity contribution in [2.45, 2.75) is 31.4 Å². The zero-order chi connectivity index (χ0) is 13.9. The van der Waals surface area contributed by atoms with Crippen LogP contribution in [0.3, 0.4) is 0 Å². The molecule has 1 heterocycles. The third-order valence-electron chi connectivity index (χ3n) is 3.29. The first-order chi connectivity index (χ1) is 8.98. The Morgan fingerprint density at radius 1 is 1.26 bits per heavy atom. The fourth-order valence-corrected chi connectivity index (χ4v) is 2.24. The Kier molecular flexibility index (Phi) is 4.42. The predicted octanol–water partition coefficient (Wildman–Crippen LogP) is 2.50. The van der Waals surface area contributed by atoms with Crippen molar-refractivity contribution in [1.82, 2.24) is 10.6 Å². The van der Waals surface area contributed by atoms with E-state index in [1.807, 2.05) is 0 Å². The number of nitrogens with one attached hydrogen (secondary N) is 2. The summed E-state index contributed by atoms with van der Waals surface area (Å²) in [5, 5.41) is 5.79. The lowest BCUT2D eigenvalue weighted by Gasteiger charge is -2.28. The fourth-order valence-electron chi connectivity index (χ4n) is 2.24. The monoisotopic (exact) mass is 276 g/mol. The maximum Gasteiger partial charge on any atom is 0.416 e. The molecule has 106 valence electrons. The molecule has 0 radical (unpaired) electrons. The molecule has 0 unspecified atom stereocenters. The minimum absolute atomic E-state index is 0.0285. The summed E-state index contributed by atoms with van der Waals surface area (Å²) in [6.07, 6.45) is -4.86. The lowest BCUT2D eigenvalue weighted by atomic mass is 10.0. The minimum Gasteiger partial charge on any atom is -0.314 e. The van der Waals surface area contributed by atoms with E-state index in [4.69, 9.17) is 0 Å². The second kappa shape index (κ2) is 5.88. The summed E-state index contributed by atoms with van der Waals surface area (Å²) in [4.78, 5) is 0. The number of rotatable bonds is 3. The molecule has 0 saturated carbocycles. The second-order valence-electron chi connectivity index (χ2n) is 4.65. The Hall–Kier alpha value is -1.14. The van der Waals surface area contributed by atoms with Crippen LogP contribution >= 0.6 is 0 Å².